The molecule has 3 aromatic heterocycles. The number of hydrogen-bond donors (Lipinski definition) is 2. The lowest BCUT2D eigenvalue weighted by Crippen LogP contribution is -2.23. The number of carbonyl (C=O) groups excluding carboxylic acids is 1. The second-order valence-electron chi connectivity index (χ2n) is 8.44. The van der Waals surface area contributed by atoms with Gasteiger partial charge < -0.3 is 15.9 Å². The number of anilines is 1. The van der Waals surface area contributed by atoms with Crippen LogP contribution in [-0.4, -0.2) is 69.1 Å². The number of nitrogens with two attached hydrogens (primary N) is 1. The van der Waals surface area contributed by atoms with Gasteiger partial charge in [-0.1, -0.05) is 17.3 Å². The Hall–Kier alpha value is -3.83. The summed E-state index contributed by atoms with van der Waals surface area (Å²) in [6, 6.07) is 11.5. The molecule has 3 N–H and O–H groups in total. The molecule has 11 heteroatoms. The average molecular weight is 505 g/mol. The molecule has 36 heavy (non-hydrogen) atoms. The summed E-state index contributed by atoms with van der Waals surface area (Å²) in [7, 11) is 0. The zero-order valence-corrected chi connectivity index (χ0v) is 20.9. The highest BCUT2D eigenvalue weighted by molar-refractivity contribution is 7.20. The monoisotopic (exact) mass is 504 g/mol. The number of nitrogen functional groups attached to an aromatic ring is 1. The SMILES string of the molecule is CCNC(=O)c1cc2c(/C(=N\OCCN3CCCC3)c3ccc(-n4cccn4)cc3)nc(N)nc2s1. The highest BCUT2D eigenvalue weighted by atomic mass is 32.1. The van der Waals surface area contributed by atoms with Gasteiger partial charge in [-0.3, -0.25) is 9.69 Å². The summed E-state index contributed by atoms with van der Waals surface area (Å²) in [6.45, 7) is 5.88. The van der Waals surface area contributed by atoms with Gasteiger partial charge in [-0.15, -0.1) is 11.3 Å². The predicted octanol–water partition coefficient (Wildman–Crippen LogP) is 3.07. The predicted molar refractivity (Wildman–Crippen MR) is 141 cm³/mol. The number of carbonyl (C=O) groups is 1. The van der Waals surface area contributed by atoms with Crippen LogP contribution in [0.25, 0.3) is 15.9 Å². The van der Waals surface area contributed by atoms with Gasteiger partial charge in [0.25, 0.3) is 5.91 Å². The fraction of sp³-hybridized carbons (Fsp3) is 0.320. The molecule has 0 atom stereocenters. The van der Waals surface area contributed by atoms with E-state index in [1.165, 1.54) is 24.2 Å². The Morgan fingerprint density at radius 3 is 2.75 bits per heavy atom. The minimum atomic E-state index is -0.158. The van der Waals surface area contributed by atoms with E-state index < -0.39 is 0 Å². The molecular weight excluding hydrogens is 476 g/mol. The number of nitrogens with zero attached hydrogens (tertiary/aromatic N) is 6. The smallest absolute Gasteiger partial charge is 0.261 e. The molecule has 0 radical (unpaired) electrons. The third-order valence-corrected chi connectivity index (χ3v) is 6.99. The number of oxime groups is 1. The van der Waals surface area contributed by atoms with E-state index in [1.807, 2.05) is 43.5 Å². The van der Waals surface area contributed by atoms with E-state index in [9.17, 15) is 4.79 Å². The number of nitrogens with one attached hydrogen (secondary N) is 1. The first-order chi connectivity index (χ1) is 17.6. The highest BCUT2D eigenvalue weighted by Gasteiger charge is 2.20. The maximum absolute atomic E-state index is 12.5. The first-order valence-corrected chi connectivity index (χ1v) is 12.8. The molecule has 1 aliphatic rings. The quantitative estimate of drug-likeness (QED) is 0.204. The number of benzene rings is 1. The third kappa shape index (κ3) is 5.21. The second kappa shape index (κ2) is 10.8. The number of rotatable bonds is 9. The van der Waals surface area contributed by atoms with Crippen molar-refractivity contribution in [1.82, 2.24) is 30.0 Å². The highest BCUT2D eigenvalue weighted by Crippen LogP contribution is 2.29. The van der Waals surface area contributed by atoms with Gasteiger partial charge in [-0.05, 0) is 57.1 Å². The van der Waals surface area contributed by atoms with Gasteiger partial charge in [0, 0.05) is 36.4 Å². The van der Waals surface area contributed by atoms with Crippen LogP contribution in [0, 0.1) is 0 Å². The summed E-state index contributed by atoms with van der Waals surface area (Å²) in [5.74, 6) is -0.0475. The van der Waals surface area contributed by atoms with Crippen molar-refractivity contribution < 1.29 is 9.63 Å². The second-order valence-corrected chi connectivity index (χ2v) is 9.47. The lowest BCUT2D eigenvalue weighted by atomic mass is 10.0. The Balaban J connectivity index is 1.52. The van der Waals surface area contributed by atoms with Crippen LogP contribution in [0.3, 0.4) is 0 Å². The van der Waals surface area contributed by atoms with Crippen LogP contribution in [0.1, 0.15) is 40.7 Å². The summed E-state index contributed by atoms with van der Waals surface area (Å²) in [5, 5.41) is 12.3. The van der Waals surface area contributed by atoms with Crippen LogP contribution in [0.15, 0.2) is 53.9 Å². The van der Waals surface area contributed by atoms with Crippen molar-refractivity contribution in [3.63, 3.8) is 0 Å². The normalized spacial score (nSPS) is 14.4. The fourth-order valence-corrected chi connectivity index (χ4v) is 5.15. The fourth-order valence-electron chi connectivity index (χ4n) is 4.19. The van der Waals surface area contributed by atoms with Crippen LogP contribution in [0.5, 0.6) is 0 Å². The number of amides is 1. The van der Waals surface area contributed by atoms with Gasteiger partial charge in [0.15, 0.2) is 0 Å². The number of likely N-dealkylation sites (tertiary alicyclic amines) is 1. The van der Waals surface area contributed by atoms with Crippen LogP contribution in [0.2, 0.25) is 0 Å². The summed E-state index contributed by atoms with van der Waals surface area (Å²) in [5.41, 5.74) is 8.86. The maximum Gasteiger partial charge on any atom is 0.261 e. The Morgan fingerprint density at radius 1 is 1.22 bits per heavy atom. The van der Waals surface area contributed by atoms with E-state index in [0.29, 0.717) is 39.7 Å². The van der Waals surface area contributed by atoms with Crippen LogP contribution in [-0.2, 0) is 4.84 Å². The van der Waals surface area contributed by atoms with Gasteiger partial charge in [0.05, 0.1) is 10.6 Å². The van der Waals surface area contributed by atoms with E-state index >= 15 is 0 Å². The maximum atomic E-state index is 12.5. The minimum absolute atomic E-state index is 0.111. The Kier molecular flexibility index (Phi) is 7.19. The zero-order chi connectivity index (χ0) is 24.9. The lowest BCUT2D eigenvalue weighted by Gasteiger charge is -2.14. The topological polar surface area (TPSA) is 124 Å². The van der Waals surface area contributed by atoms with Crippen LogP contribution in [0.4, 0.5) is 5.95 Å². The summed E-state index contributed by atoms with van der Waals surface area (Å²) in [4.78, 5) is 30.7. The Morgan fingerprint density at radius 2 is 2.03 bits per heavy atom. The lowest BCUT2D eigenvalue weighted by molar-refractivity contribution is 0.0960. The molecule has 10 nitrogen and oxygen atoms in total. The first-order valence-electron chi connectivity index (χ1n) is 12.0. The van der Waals surface area contributed by atoms with Gasteiger partial charge >= 0.3 is 0 Å². The molecule has 0 spiro atoms. The van der Waals surface area contributed by atoms with Crippen molar-refractivity contribution in [3.05, 3.63) is 64.9 Å². The summed E-state index contributed by atoms with van der Waals surface area (Å²) < 4.78 is 1.78. The molecule has 1 aliphatic heterocycles. The standard InChI is InChI=1S/C25H28N8O2S/c1-2-27-23(34)20-16-19-22(29-25(26)30-24(19)36-20)21(31-35-15-14-32-11-3-4-12-32)17-6-8-18(9-7-17)33-13-5-10-28-33/h5-10,13,16H,2-4,11-12,14-15H2,1H3,(H,27,34)(H2,26,29,30)/b31-21-. The van der Waals surface area contributed by atoms with Crippen molar-refractivity contribution in [1.29, 1.82) is 0 Å². The molecule has 1 saturated heterocycles. The Bertz CT molecular complexity index is 1360. The van der Waals surface area contributed by atoms with Crippen molar-refractivity contribution in [3.8, 4) is 5.69 Å². The number of fused-ring (bicyclic) bond motifs is 1. The van der Waals surface area contributed by atoms with E-state index in [4.69, 9.17) is 10.6 Å². The largest absolute Gasteiger partial charge is 0.394 e. The molecule has 0 aliphatic carbocycles. The third-order valence-electron chi connectivity index (χ3n) is 5.96. The minimum Gasteiger partial charge on any atom is -0.394 e. The van der Waals surface area contributed by atoms with E-state index in [1.54, 1.807) is 16.9 Å². The van der Waals surface area contributed by atoms with Gasteiger partial charge in [0.2, 0.25) is 5.95 Å². The Labute approximate surface area is 212 Å². The number of thiophene rings is 1. The molecule has 0 bridgehead atoms. The molecule has 1 aromatic carbocycles. The molecule has 186 valence electrons. The molecular formula is C25H28N8O2S. The number of aromatic nitrogens is 4. The molecule has 1 amide bonds. The molecule has 1 fully saturated rings. The number of hydrogen-bond acceptors (Lipinski definition) is 9. The van der Waals surface area contributed by atoms with Crippen molar-refractivity contribution >= 4 is 39.1 Å². The molecule has 4 heterocycles. The van der Waals surface area contributed by atoms with Gasteiger partial charge in [-0.2, -0.15) is 5.10 Å². The van der Waals surface area contributed by atoms with Crippen LogP contribution >= 0.6 is 11.3 Å². The average Bonchev–Trinajstić information content (AvgIpc) is 3.66. The first kappa shape index (κ1) is 23.9. The summed E-state index contributed by atoms with van der Waals surface area (Å²) >= 11 is 1.27. The van der Waals surface area contributed by atoms with E-state index in [2.05, 4.69) is 30.4 Å². The van der Waals surface area contributed by atoms with Crippen molar-refractivity contribution in [2.75, 3.05) is 38.5 Å². The van der Waals surface area contributed by atoms with Crippen molar-refractivity contribution in [2.45, 2.75) is 19.8 Å². The van der Waals surface area contributed by atoms with E-state index in [-0.39, 0.29) is 11.9 Å². The molecule has 5 rings (SSSR count). The van der Waals surface area contributed by atoms with Gasteiger partial charge in [0.1, 0.15) is 22.8 Å². The van der Waals surface area contributed by atoms with Gasteiger partial charge in [-0.25, -0.2) is 14.6 Å². The molecule has 0 saturated carbocycles. The van der Waals surface area contributed by atoms with Crippen LogP contribution < -0.4 is 11.1 Å². The summed E-state index contributed by atoms with van der Waals surface area (Å²) in [6.07, 6.45) is 6.06. The van der Waals surface area contributed by atoms with Crippen molar-refractivity contribution in [2.24, 2.45) is 5.16 Å². The molecule has 4 aromatic rings. The zero-order valence-electron chi connectivity index (χ0n) is 20.1. The van der Waals surface area contributed by atoms with E-state index in [0.717, 1.165) is 30.9 Å². The molecule has 0 unspecified atom stereocenters.